The Hall–Kier alpha value is -3.08. The van der Waals surface area contributed by atoms with Crippen LogP contribution in [0.5, 0.6) is 5.75 Å². The molecule has 46 heavy (non-hydrogen) atoms. The number of nitrogens with two attached hydrogens (primary N) is 1. The van der Waals surface area contributed by atoms with Crippen LogP contribution in [0.4, 0.5) is 5.69 Å². The fourth-order valence-corrected chi connectivity index (χ4v) is 9.37. The Bertz CT molecular complexity index is 1630. The van der Waals surface area contributed by atoms with Crippen LogP contribution >= 0.6 is 11.6 Å². The van der Waals surface area contributed by atoms with E-state index in [4.69, 9.17) is 26.8 Å². The zero-order valence-corrected chi connectivity index (χ0v) is 28.1. The summed E-state index contributed by atoms with van der Waals surface area (Å²) in [6.07, 6.45) is 8.84. The van der Waals surface area contributed by atoms with Crippen LogP contribution in [0.1, 0.15) is 80.3 Å². The fraction of sp³-hybridized carbons (Fsp3) is 0.543. The Labute approximate surface area is 276 Å². The van der Waals surface area contributed by atoms with E-state index in [-0.39, 0.29) is 28.9 Å². The molecular weight excluding hydrogens is 626 g/mol. The van der Waals surface area contributed by atoms with Gasteiger partial charge in [0.25, 0.3) is 5.91 Å². The van der Waals surface area contributed by atoms with Crippen LogP contribution in [0.2, 0.25) is 5.02 Å². The average Bonchev–Trinajstić information content (AvgIpc) is 3.15. The first-order valence-electron chi connectivity index (χ1n) is 16.5. The summed E-state index contributed by atoms with van der Waals surface area (Å²) >= 11 is 6.42. The lowest BCUT2D eigenvalue weighted by Gasteiger charge is -2.46. The van der Waals surface area contributed by atoms with Crippen molar-refractivity contribution in [3.63, 3.8) is 0 Å². The summed E-state index contributed by atoms with van der Waals surface area (Å²) in [6, 6.07) is 11.3. The maximum Gasteiger partial charge on any atom is 0.264 e. The number of rotatable bonds is 4. The highest BCUT2D eigenvalue weighted by molar-refractivity contribution is 7.90. The summed E-state index contributed by atoms with van der Waals surface area (Å²) in [4.78, 5) is 27.8. The molecule has 1 fully saturated rings. The van der Waals surface area contributed by atoms with Crippen molar-refractivity contribution in [2.24, 2.45) is 17.6 Å². The van der Waals surface area contributed by atoms with Crippen molar-refractivity contribution in [3.8, 4) is 5.75 Å². The van der Waals surface area contributed by atoms with Gasteiger partial charge in [-0.15, -0.1) is 0 Å². The lowest BCUT2D eigenvalue weighted by Crippen LogP contribution is -2.50. The van der Waals surface area contributed by atoms with Crippen molar-refractivity contribution >= 4 is 39.1 Å². The number of hydrogen-bond donors (Lipinski definition) is 2. The molecule has 2 aliphatic carbocycles. The SMILES string of the molecule is CC[C@@H]1CC/C=C\[C@H](O[C@@H](C)C(N)=O)[C@@H]2CC[C@H]2CN2C[C@@]3(CCCc4cc(Cl)ccc43)COc3ccc(cc32)C(=O)NS1(=O)=O. The molecule has 11 heteroatoms. The lowest BCUT2D eigenvalue weighted by atomic mass is 9.68. The highest BCUT2D eigenvalue weighted by Crippen LogP contribution is 2.47. The van der Waals surface area contributed by atoms with E-state index in [1.54, 1.807) is 32.0 Å². The van der Waals surface area contributed by atoms with Gasteiger partial charge < -0.3 is 20.1 Å². The van der Waals surface area contributed by atoms with E-state index in [1.165, 1.54) is 11.1 Å². The molecular formula is C35H44ClN3O6S. The first-order valence-corrected chi connectivity index (χ1v) is 18.4. The van der Waals surface area contributed by atoms with E-state index in [9.17, 15) is 18.0 Å². The van der Waals surface area contributed by atoms with Gasteiger partial charge in [-0.25, -0.2) is 13.1 Å². The topological polar surface area (TPSA) is 128 Å². The normalized spacial score (nSPS) is 30.4. The third-order valence-electron chi connectivity index (χ3n) is 10.5. The molecule has 3 N–H and O–H groups in total. The predicted molar refractivity (Wildman–Crippen MR) is 179 cm³/mol. The standard InChI is InChI=1S/C35H44ClN3O6S/c1-3-27-8-4-5-9-31(45-22(2)33(37)40)28-13-10-25(28)19-39-20-35(16-6-7-23-17-26(36)12-14-29(23)35)21-44-32-15-11-24(18-30(32)39)34(41)38-46(27,42)43/h5,9,11-12,14-15,17-18,22,25,27-28,31H,3-4,6-8,10,13,16,19-21H2,1-2H3,(H2,37,40)(H,38,41)/b9-5-/t22-,25-,27+,28+,31-,35-/m0/s1. The average molecular weight is 670 g/mol. The minimum atomic E-state index is -3.93. The zero-order chi connectivity index (χ0) is 32.6. The third kappa shape index (κ3) is 6.53. The number of halogens is 1. The molecule has 2 aromatic carbocycles. The van der Waals surface area contributed by atoms with Gasteiger partial charge in [0.2, 0.25) is 15.9 Å². The Morgan fingerprint density at radius 2 is 2.04 bits per heavy atom. The summed E-state index contributed by atoms with van der Waals surface area (Å²) in [5.74, 6) is -0.107. The number of amides is 2. The Morgan fingerprint density at radius 3 is 2.78 bits per heavy atom. The van der Waals surface area contributed by atoms with Crippen LogP contribution < -0.4 is 20.1 Å². The molecule has 2 aromatic rings. The lowest BCUT2D eigenvalue weighted by molar-refractivity contribution is -0.134. The van der Waals surface area contributed by atoms with Crippen molar-refractivity contribution < 1.29 is 27.5 Å². The highest BCUT2D eigenvalue weighted by atomic mass is 35.5. The molecule has 4 aliphatic rings. The van der Waals surface area contributed by atoms with Crippen LogP contribution in [0, 0.1) is 11.8 Å². The zero-order valence-electron chi connectivity index (χ0n) is 26.5. The first kappa shape index (κ1) is 32.8. The van der Waals surface area contributed by atoms with Gasteiger partial charge in [0, 0.05) is 29.1 Å². The summed E-state index contributed by atoms with van der Waals surface area (Å²) < 4.78 is 41.8. The van der Waals surface area contributed by atoms with Gasteiger partial charge in [0.05, 0.1) is 23.6 Å². The second kappa shape index (κ2) is 13.2. The number of benzene rings is 2. The van der Waals surface area contributed by atoms with E-state index in [0.29, 0.717) is 44.7 Å². The quantitative estimate of drug-likeness (QED) is 0.424. The highest BCUT2D eigenvalue weighted by Gasteiger charge is 2.45. The molecule has 0 aromatic heterocycles. The largest absolute Gasteiger partial charge is 0.490 e. The van der Waals surface area contributed by atoms with Gasteiger partial charge in [-0.2, -0.15) is 0 Å². The Kier molecular flexibility index (Phi) is 9.43. The van der Waals surface area contributed by atoms with Crippen LogP contribution in [-0.4, -0.2) is 57.4 Å². The maximum absolute atomic E-state index is 13.4. The van der Waals surface area contributed by atoms with E-state index in [1.807, 2.05) is 18.2 Å². The van der Waals surface area contributed by atoms with Gasteiger partial charge in [0.1, 0.15) is 11.9 Å². The van der Waals surface area contributed by atoms with Crippen molar-refractivity contribution in [1.29, 1.82) is 0 Å². The monoisotopic (exact) mass is 669 g/mol. The predicted octanol–water partition coefficient (Wildman–Crippen LogP) is 5.29. The molecule has 2 heterocycles. The molecule has 6 atom stereocenters. The molecule has 0 saturated heterocycles. The van der Waals surface area contributed by atoms with Crippen LogP contribution in [0.3, 0.4) is 0 Å². The summed E-state index contributed by atoms with van der Waals surface area (Å²) in [6.45, 7) is 5.30. The molecule has 2 bridgehead atoms. The molecule has 0 radical (unpaired) electrons. The number of nitrogens with zero attached hydrogens (tertiary/aromatic N) is 1. The third-order valence-corrected chi connectivity index (χ3v) is 12.7. The molecule has 1 saturated carbocycles. The van der Waals surface area contributed by atoms with E-state index >= 15 is 0 Å². The maximum atomic E-state index is 13.4. The van der Waals surface area contributed by atoms with Crippen LogP contribution in [-0.2, 0) is 31.4 Å². The minimum Gasteiger partial charge on any atom is -0.490 e. The number of carbonyl (C=O) groups excluding carboxylic acids is 2. The van der Waals surface area contributed by atoms with Gasteiger partial charge >= 0.3 is 0 Å². The summed E-state index contributed by atoms with van der Waals surface area (Å²) in [5.41, 5.74) is 8.81. The second-order valence-corrected chi connectivity index (χ2v) is 15.8. The molecule has 2 aliphatic heterocycles. The molecule has 0 unspecified atom stereocenters. The number of aryl methyl sites for hydroxylation is 1. The number of anilines is 1. The number of primary amides is 1. The molecule has 248 valence electrons. The van der Waals surface area contributed by atoms with Crippen molar-refractivity contribution in [3.05, 3.63) is 70.3 Å². The summed E-state index contributed by atoms with van der Waals surface area (Å²) in [7, 11) is -3.93. The van der Waals surface area contributed by atoms with E-state index in [0.717, 1.165) is 42.8 Å². The Morgan fingerprint density at radius 1 is 1.22 bits per heavy atom. The number of nitrogens with one attached hydrogen (secondary N) is 1. The van der Waals surface area contributed by atoms with Crippen molar-refractivity contribution in [1.82, 2.24) is 4.72 Å². The number of carbonyl (C=O) groups is 2. The number of hydrogen-bond acceptors (Lipinski definition) is 7. The minimum absolute atomic E-state index is 0.143. The number of fused-ring (bicyclic) bond motifs is 4. The first-order chi connectivity index (χ1) is 22.0. The van der Waals surface area contributed by atoms with Crippen molar-refractivity contribution in [2.45, 2.75) is 88.1 Å². The smallest absolute Gasteiger partial charge is 0.264 e. The van der Waals surface area contributed by atoms with Gasteiger partial charge in [-0.3, -0.25) is 9.59 Å². The van der Waals surface area contributed by atoms with E-state index in [2.05, 4.69) is 21.8 Å². The number of ether oxygens (including phenoxy) is 2. The summed E-state index contributed by atoms with van der Waals surface area (Å²) in [5, 5.41) is -0.0223. The number of sulfonamides is 1. The van der Waals surface area contributed by atoms with Crippen molar-refractivity contribution in [2.75, 3.05) is 24.6 Å². The van der Waals surface area contributed by atoms with Gasteiger partial charge in [-0.05, 0) is 112 Å². The fourth-order valence-electron chi connectivity index (χ4n) is 7.75. The molecule has 6 rings (SSSR count). The molecule has 1 spiro atoms. The van der Waals surface area contributed by atoms with Gasteiger partial charge in [-0.1, -0.05) is 36.7 Å². The van der Waals surface area contributed by atoms with Crippen LogP contribution in [0.15, 0.2) is 48.6 Å². The molecule has 9 nitrogen and oxygen atoms in total. The second-order valence-electron chi connectivity index (χ2n) is 13.4. The Balaban J connectivity index is 1.42. The van der Waals surface area contributed by atoms with E-state index < -0.39 is 33.2 Å². The number of allylic oxidation sites excluding steroid dienone is 1. The van der Waals surface area contributed by atoms with Crippen LogP contribution in [0.25, 0.3) is 0 Å². The van der Waals surface area contributed by atoms with Gasteiger partial charge in [0.15, 0.2) is 0 Å². The molecule has 2 amide bonds.